The molecule has 0 saturated carbocycles. The molecule has 0 aliphatic rings. The number of halogens is 3. The molecule has 0 saturated heterocycles. The quantitative estimate of drug-likeness (QED) is 0.612. The molecule has 0 N–H and O–H groups in total. The van der Waals surface area contributed by atoms with E-state index in [-0.39, 0.29) is 10.5 Å². The van der Waals surface area contributed by atoms with Crippen molar-refractivity contribution in [2.24, 2.45) is 0 Å². The number of aryl methyl sites for hydroxylation is 2. The van der Waals surface area contributed by atoms with Crippen LogP contribution in [-0.4, -0.2) is 18.4 Å². The van der Waals surface area contributed by atoms with Crippen LogP contribution in [0.15, 0.2) is 41.3 Å². The van der Waals surface area contributed by atoms with Crippen LogP contribution < -0.4 is 0 Å². The summed E-state index contributed by atoms with van der Waals surface area (Å²) in [5.41, 5.74) is 2.24. The first-order valence-electron chi connectivity index (χ1n) is 7.29. The second-order valence-corrected chi connectivity index (χ2v) is 8.18. The predicted octanol–water partition coefficient (Wildman–Crippen LogP) is 4.78. The van der Waals surface area contributed by atoms with Gasteiger partial charge in [-0.25, -0.2) is 27.2 Å². The van der Waals surface area contributed by atoms with Crippen molar-refractivity contribution in [1.29, 1.82) is 0 Å². The molecule has 0 fully saturated rings. The minimum atomic E-state index is -3.88. The molecular weight excluding hydrogens is 370 g/mol. The van der Waals surface area contributed by atoms with Crippen molar-refractivity contribution in [2.45, 2.75) is 25.2 Å². The highest BCUT2D eigenvalue weighted by Crippen LogP contribution is 2.32. The largest absolute Gasteiger partial charge is 0.263 e. The first kappa shape index (κ1) is 17.7. The lowest BCUT2D eigenvalue weighted by Crippen LogP contribution is -1.98. The molecule has 0 atom stereocenters. The van der Waals surface area contributed by atoms with Crippen molar-refractivity contribution in [3.63, 3.8) is 0 Å². The first-order chi connectivity index (χ1) is 11.7. The van der Waals surface area contributed by atoms with Gasteiger partial charge in [-0.05, 0) is 43.7 Å². The van der Waals surface area contributed by atoms with Crippen LogP contribution >= 0.6 is 10.7 Å². The number of hydrogen-bond acceptors (Lipinski definition) is 4. The summed E-state index contributed by atoms with van der Waals surface area (Å²) >= 11 is 0. The Hall–Kier alpha value is -2.12. The summed E-state index contributed by atoms with van der Waals surface area (Å²) in [6.45, 7) is 3.40. The van der Waals surface area contributed by atoms with E-state index in [1.165, 1.54) is 24.3 Å². The lowest BCUT2D eigenvalue weighted by molar-refractivity contribution is 0.151. The van der Waals surface area contributed by atoms with Gasteiger partial charge in [0.25, 0.3) is 15.5 Å². The normalized spacial score (nSPS) is 12.1. The molecule has 0 aliphatic carbocycles. The van der Waals surface area contributed by atoms with E-state index < -0.39 is 15.5 Å². The van der Waals surface area contributed by atoms with Gasteiger partial charge in [-0.1, -0.05) is 12.1 Å². The lowest BCUT2D eigenvalue weighted by atomic mass is 9.99. The molecule has 8 heteroatoms. The fourth-order valence-corrected chi connectivity index (χ4v) is 3.44. The third-order valence-corrected chi connectivity index (χ3v) is 5.17. The number of alkyl halides is 2. The maximum Gasteiger partial charge on any atom is 0.263 e. The van der Waals surface area contributed by atoms with Gasteiger partial charge in [0, 0.05) is 27.2 Å². The Morgan fingerprint density at radius 2 is 1.76 bits per heavy atom. The maximum atomic E-state index is 12.9. The van der Waals surface area contributed by atoms with Crippen LogP contribution in [0, 0.1) is 13.8 Å². The molecule has 0 bridgehead atoms. The minimum absolute atomic E-state index is 0.0597. The van der Waals surface area contributed by atoms with E-state index in [9.17, 15) is 17.2 Å². The molecule has 3 rings (SSSR count). The highest BCUT2D eigenvalue weighted by molar-refractivity contribution is 8.13. The zero-order chi connectivity index (χ0) is 18.4. The van der Waals surface area contributed by atoms with E-state index in [0.717, 1.165) is 0 Å². The molecule has 25 heavy (non-hydrogen) atoms. The second-order valence-electron chi connectivity index (χ2n) is 5.61. The Kier molecular flexibility index (Phi) is 4.47. The van der Waals surface area contributed by atoms with Gasteiger partial charge in [0.1, 0.15) is 5.82 Å². The molecule has 130 valence electrons. The van der Waals surface area contributed by atoms with Gasteiger partial charge in [-0.15, -0.1) is 0 Å². The van der Waals surface area contributed by atoms with Crippen LogP contribution in [0.5, 0.6) is 0 Å². The van der Waals surface area contributed by atoms with Gasteiger partial charge in [0.15, 0.2) is 0 Å². The summed E-state index contributed by atoms with van der Waals surface area (Å²) < 4.78 is 48.8. The van der Waals surface area contributed by atoms with Gasteiger partial charge in [-0.3, -0.25) is 0 Å². The van der Waals surface area contributed by atoms with E-state index in [4.69, 9.17) is 10.7 Å². The number of aromatic nitrogens is 2. The van der Waals surface area contributed by atoms with Crippen LogP contribution in [0.2, 0.25) is 0 Å². The van der Waals surface area contributed by atoms with Crippen molar-refractivity contribution in [3.8, 4) is 11.3 Å². The third-order valence-electron chi connectivity index (χ3n) is 3.82. The predicted molar refractivity (Wildman–Crippen MR) is 92.4 cm³/mol. The molecule has 0 radical (unpaired) electrons. The second kappa shape index (κ2) is 6.31. The SMILES string of the molecule is Cc1nc(-c2ccc(C(F)F)cc2C)c2ccc(S(=O)(=O)Cl)cc2n1. The number of nitrogens with zero attached hydrogens (tertiary/aromatic N) is 2. The van der Waals surface area contributed by atoms with E-state index >= 15 is 0 Å². The van der Waals surface area contributed by atoms with Crippen molar-refractivity contribution in [1.82, 2.24) is 9.97 Å². The Balaban J connectivity index is 2.26. The number of fused-ring (bicyclic) bond motifs is 1. The maximum absolute atomic E-state index is 12.9. The first-order valence-corrected chi connectivity index (χ1v) is 9.60. The molecule has 1 heterocycles. The van der Waals surface area contributed by atoms with Crippen LogP contribution in [0.3, 0.4) is 0 Å². The monoisotopic (exact) mass is 382 g/mol. The van der Waals surface area contributed by atoms with Gasteiger partial charge >= 0.3 is 0 Å². The van der Waals surface area contributed by atoms with E-state index in [2.05, 4.69) is 9.97 Å². The van der Waals surface area contributed by atoms with Gasteiger partial charge < -0.3 is 0 Å². The molecule has 4 nitrogen and oxygen atoms in total. The Bertz CT molecular complexity index is 1090. The number of hydrogen-bond donors (Lipinski definition) is 0. The lowest BCUT2D eigenvalue weighted by Gasteiger charge is -2.12. The van der Waals surface area contributed by atoms with Gasteiger partial charge in [-0.2, -0.15) is 0 Å². The topological polar surface area (TPSA) is 59.9 Å². The van der Waals surface area contributed by atoms with E-state index in [0.29, 0.717) is 33.5 Å². The Labute approximate surface area is 147 Å². The molecule has 0 spiro atoms. The molecular formula is C17H13ClF2N2O2S. The van der Waals surface area contributed by atoms with Crippen LogP contribution in [0.4, 0.5) is 8.78 Å². The molecule has 0 amide bonds. The average Bonchev–Trinajstić information content (AvgIpc) is 2.52. The summed E-state index contributed by atoms with van der Waals surface area (Å²) in [7, 11) is 1.51. The highest BCUT2D eigenvalue weighted by Gasteiger charge is 2.16. The van der Waals surface area contributed by atoms with E-state index in [1.54, 1.807) is 26.0 Å². The Morgan fingerprint density at radius 3 is 2.36 bits per heavy atom. The zero-order valence-corrected chi connectivity index (χ0v) is 14.9. The standard InChI is InChI=1S/C17H13ClF2N2O2S/c1-9-7-11(17(19)20)3-5-13(9)16-14-6-4-12(25(18,23)24)8-15(14)21-10(2)22-16/h3-8,17H,1-2H3. The molecule has 0 unspecified atom stereocenters. The summed E-state index contributed by atoms with van der Waals surface area (Å²) in [6, 6.07) is 8.67. The summed E-state index contributed by atoms with van der Waals surface area (Å²) in [5, 5.41) is 0.613. The van der Waals surface area contributed by atoms with Crippen molar-refractivity contribution >= 4 is 30.6 Å². The third kappa shape index (κ3) is 3.48. The highest BCUT2D eigenvalue weighted by atomic mass is 35.7. The van der Waals surface area contributed by atoms with Crippen molar-refractivity contribution in [3.05, 3.63) is 53.3 Å². The van der Waals surface area contributed by atoms with Crippen LogP contribution in [-0.2, 0) is 9.05 Å². The number of rotatable bonds is 3. The fourth-order valence-electron chi connectivity index (χ4n) is 2.67. The molecule has 0 aliphatic heterocycles. The molecule has 1 aromatic heterocycles. The Morgan fingerprint density at radius 1 is 1.04 bits per heavy atom. The molecule has 2 aromatic carbocycles. The minimum Gasteiger partial charge on any atom is -0.233 e. The van der Waals surface area contributed by atoms with Crippen LogP contribution in [0.1, 0.15) is 23.4 Å². The van der Waals surface area contributed by atoms with Gasteiger partial charge in [0.2, 0.25) is 0 Å². The summed E-state index contributed by atoms with van der Waals surface area (Å²) in [4.78, 5) is 8.62. The zero-order valence-electron chi connectivity index (χ0n) is 13.3. The molecule has 3 aromatic rings. The van der Waals surface area contributed by atoms with Gasteiger partial charge in [0.05, 0.1) is 16.1 Å². The van der Waals surface area contributed by atoms with Crippen molar-refractivity contribution < 1.29 is 17.2 Å². The van der Waals surface area contributed by atoms with Crippen molar-refractivity contribution in [2.75, 3.05) is 0 Å². The number of benzene rings is 2. The smallest absolute Gasteiger partial charge is 0.233 e. The average molecular weight is 383 g/mol. The van der Waals surface area contributed by atoms with Crippen LogP contribution in [0.25, 0.3) is 22.2 Å². The van der Waals surface area contributed by atoms with E-state index in [1.807, 2.05) is 0 Å². The summed E-state index contributed by atoms with van der Waals surface area (Å²) in [6.07, 6.45) is -2.55. The summed E-state index contributed by atoms with van der Waals surface area (Å²) in [5.74, 6) is 0.434. The fraction of sp³-hybridized carbons (Fsp3) is 0.176.